The Labute approximate surface area is 142 Å². The highest BCUT2D eigenvalue weighted by Crippen LogP contribution is 2.15. The minimum absolute atomic E-state index is 0.0307. The van der Waals surface area contributed by atoms with Crippen LogP contribution in [0.5, 0.6) is 5.75 Å². The van der Waals surface area contributed by atoms with Gasteiger partial charge in [0.2, 0.25) is 0 Å². The van der Waals surface area contributed by atoms with Crippen LogP contribution in [0.25, 0.3) is 5.65 Å². The molecule has 7 heteroatoms. The number of halogens is 1. The molecule has 6 nitrogen and oxygen atoms in total. The van der Waals surface area contributed by atoms with Crippen LogP contribution in [0.1, 0.15) is 11.3 Å². The van der Waals surface area contributed by atoms with Gasteiger partial charge in [-0.15, -0.1) is 0 Å². The molecular formula is C18H15FN2O4. The number of pyridine rings is 1. The van der Waals surface area contributed by atoms with Gasteiger partial charge in [0.1, 0.15) is 12.3 Å². The number of carbonyl (C=O) groups is 1. The van der Waals surface area contributed by atoms with Crippen molar-refractivity contribution >= 4 is 11.6 Å². The third-order valence-corrected chi connectivity index (χ3v) is 3.42. The van der Waals surface area contributed by atoms with Gasteiger partial charge in [0, 0.05) is 12.3 Å². The molecule has 0 aliphatic heterocycles. The van der Waals surface area contributed by atoms with Crippen LogP contribution in [0.3, 0.4) is 0 Å². The fraction of sp³-hybridized carbons (Fsp3) is 0.167. The van der Waals surface area contributed by atoms with Gasteiger partial charge in [-0.1, -0.05) is 18.2 Å². The Morgan fingerprint density at radius 2 is 2.04 bits per heavy atom. The van der Waals surface area contributed by atoms with Crippen LogP contribution in [0.4, 0.5) is 4.39 Å². The predicted molar refractivity (Wildman–Crippen MR) is 87.9 cm³/mol. The van der Waals surface area contributed by atoms with Crippen molar-refractivity contribution in [2.75, 3.05) is 6.61 Å². The summed E-state index contributed by atoms with van der Waals surface area (Å²) in [5.41, 5.74) is 1.46. The van der Waals surface area contributed by atoms with Crippen LogP contribution >= 0.6 is 0 Å². The average Bonchev–Trinajstić information content (AvgIpc) is 2.60. The number of para-hydroxylation sites is 1. The van der Waals surface area contributed by atoms with Crippen molar-refractivity contribution in [3.63, 3.8) is 0 Å². The molecule has 0 fully saturated rings. The third kappa shape index (κ3) is 4.00. The molecule has 2 heterocycles. The maximum absolute atomic E-state index is 13.4. The summed E-state index contributed by atoms with van der Waals surface area (Å²) in [7, 11) is 0. The zero-order valence-corrected chi connectivity index (χ0v) is 13.4. The van der Waals surface area contributed by atoms with Crippen LogP contribution in [-0.4, -0.2) is 22.0 Å². The summed E-state index contributed by atoms with van der Waals surface area (Å²) in [5.74, 6) is -1.28. The lowest BCUT2D eigenvalue weighted by atomic mass is 10.3. The normalized spacial score (nSPS) is 10.6. The highest BCUT2D eigenvalue weighted by molar-refractivity contribution is 5.71. The van der Waals surface area contributed by atoms with Gasteiger partial charge in [-0.05, 0) is 30.7 Å². The van der Waals surface area contributed by atoms with E-state index in [1.54, 1.807) is 18.3 Å². The molecule has 2 aromatic heterocycles. The quantitative estimate of drug-likeness (QED) is 0.665. The summed E-state index contributed by atoms with van der Waals surface area (Å²) in [4.78, 5) is 28.0. The van der Waals surface area contributed by atoms with Crippen molar-refractivity contribution in [1.82, 2.24) is 9.38 Å². The van der Waals surface area contributed by atoms with E-state index < -0.39 is 18.4 Å². The topological polar surface area (TPSA) is 69.9 Å². The van der Waals surface area contributed by atoms with Gasteiger partial charge in [-0.3, -0.25) is 9.20 Å². The van der Waals surface area contributed by atoms with E-state index in [9.17, 15) is 14.0 Å². The maximum Gasteiger partial charge on any atom is 0.344 e. The van der Waals surface area contributed by atoms with E-state index in [1.165, 1.54) is 28.7 Å². The van der Waals surface area contributed by atoms with Crippen LogP contribution in [0.15, 0.2) is 53.5 Å². The fourth-order valence-electron chi connectivity index (χ4n) is 2.23. The Kier molecular flexibility index (Phi) is 4.74. The molecule has 0 aliphatic rings. The highest BCUT2D eigenvalue weighted by atomic mass is 19.1. The molecule has 0 amide bonds. The fourth-order valence-corrected chi connectivity index (χ4v) is 2.23. The number of nitrogens with zero attached hydrogens (tertiary/aromatic N) is 2. The molecule has 0 spiro atoms. The summed E-state index contributed by atoms with van der Waals surface area (Å²) < 4.78 is 24.9. The predicted octanol–water partition coefficient (Wildman–Crippen LogP) is 2.26. The van der Waals surface area contributed by atoms with Gasteiger partial charge in [0.15, 0.2) is 18.2 Å². The first-order valence-electron chi connectivity index (χ1n) is 7.55. The number of fused-ring (bicyclic) bond motifs is 1. The maximum atomic E-state index is 13.4. The van der Waals surface area contributed by atoms with Gasteiger partial charge < -0.3 is 9.47 Å². The smallest absolute Gasteiger partial charge is 0.344 e. The molecule has 0 saturated carbocycles. The molecule has 0 aliphatic carbocycles. The Morgan fingerprint density at radius 1 is 1.24 bits per heavy atom. The number of hydrogen-bond donors (Lipinski definition) is 0. The summed E-state index contributed by atoms with van der Waals surface area (Å²) in [6.07, 6.45) is 1.68. The Morgan fingerprint density at radius 3 is 2.84 bits per heavy atom. The number of aromatic nitrogens is 2. The Bertz CT molecular complexity index is 984. The number of aryl methyl sites for hydroxylation is 1. The second-order valence-electron chi connectivity index (χ2n) is 5.40. The van der Waals surface area contributed by atoms with Crippen molar-refractivity contribution in [2.45, 2.75) is 13.5 Å². The van der Waals surface area contributed by atoms with Crippen LogP contribution < -0.4 is 10.3 Å². The molecular weight excluding hydrogens is 327 g/mol. The highest BCUT2D eigenvalue weighted by Gasteiger charge is 2.09. The average molecular weight is 342 g/mol. The minimum atomic E-state index is -0.686. The first kappa shape index (κ1) is 16.6. The number of rotatable bonds is 5. The number of hydrogen-bond acceptors (Lipinski definition) is 5. The Balaban J connectivity index is 1.62. The van der Waals surface area contributed by atoms with Crippen LogP contribution in [-0.2, 0) is 16.1 Å². The zero-order valence-electron chi connectivity index (χ0n) is 13.4. The molecule has 1 aromatic carbocycles. The largest absolute Gasteiger partial charge is 0.479 e. The number of esters is 1. The van der Waals surface area contributed by atoms with E-state index in [0.717, 1.165) is 5.56 Å². The summed E-state index contributed by atoms with van der Waals surface area (Å²) in [5, 5.41) is 0. The molecule has 25 heavy (non-hydrogen) atoms. The van der Waals surface area contributed by atoms with E-state index in [4.69, 9.17) is 9.47 Å². The minimum Gasteiger partial charge on any atom is -0.479 e. The lowest BCUT2D eigenvalue weighted by Gasteiger charge is -2.08. The van der Waals surface area contributed by atoms with Crippen molar-refractivity contribution in [1.29, 1.82) is 0 Å². The molecule has 0 saturated heterocycles. The van der Waals surface area contributed by atoms with Gasteiger partial charge in [-0.25, -0.2) is 14.2 Å². The summed E-state index contributed by atoms with van der Waals surface area (Å²) in [6.45, 7) is 1.27. The van der Waals surface area contributed by atoms with Crippen molar-refractivity contribution in [3.8, 4) is 5.75 Å². The lowest BCUT2D eigenvalue weighted by Crippen LogP contribution is -2.19. The molecule has 128 valence electrons. The Hall–Kier alpha value is -3.22. The van der Waals surface area contributed by atoms with Crippen molar-refractivity contribution < 1.29 is 18.7 Å². The van der Waals surface area contributed by atoms with Crippen LogP contribution in [0.2, 0.25) is 0 Å². The van der Waals surface area contributed by atoms with E-state index >= 15 is 0 Å². The SMILES string of the molecule is Cc1ccc2nc(COC(=O)COc3ccccc3F)cc(=O)n2c1. The van der Waals surface area contributed by atoms with E-state index in [-0.39, 0.29) is 17.9 Å². The van der Waals surface area contributed by atoms with Gasteiger partial charge >= 0.3 is 5.97 Å². The molecule has 0 bridgehead atoms. The lowest BCUT2D eigenvalue weighted by molar-refractivity contribution is -0.147. The van der Waals surface area contributed by atoms with E-state index in [1.807, 2.05) is 13.0 Å². The van der Waals surface area contributed by atoms with E-state index in [2.05, 4.69) is 4.98 Å². The second-order valence-corrected chi connectivity index (χ2v) is 5.40. The van der Waals surface area contributed by atoms with Gasteiger partial charge in [0.05, 0.1) is 5.69 Å². The molecule has 0 radical (unpaired) electrons. The standard InChI is InChI=1S/C18H15FN2O4/c1-12-6-7-16-20-13(8-17(22)21(16)9-12)10-25-18(23)11-24-15-5-3-2-4-14(15)19/h2-9H,10-11H2,1H3. The van der Waals surface area contributed by atoms with Crippen LogP contribution in [0, 0.1) is 12.7 Å². The zero-order chi connectivity index (χ0) is 17.8. The first-order valence-corrected chi connectivity index (χ1v) is 7.55. The molecule has 3 rings (SSSR count). The van der Waals surface area contributed by atoms with Crippen molar-refractivity contribution in [3.05, 3.63) is 76.1 Å². The van der Waals surface area contributed by atoms with E-state index in [0.29, 0.717) is 11.3 Å². The first-order chi connectivity index (χ1) is 12.0. The number of carbonyl (C=O) groups excluding carboxylic acids is 1. The number of ether oxygens (including phenoxy) is 2. The van der Waals surface area contributed by atoms with Crippen molar-refractivity contribution in [2.24, 2.45) is 0 Å². The molecule has 3 aromatic rings. The summed E-state index contributed by atoms with van der Waals surface area (Å²) in [6, 6.07) is 10.6. The van der Waals surface area contributed by atoms with Gasteiger partial charge in [-0.2, -0.15) is 0 Å². The molecule has 0 atom stereocenters. The molecule has 0 unspecified atom stereocenters. The second kappa shape index (κ2) is 7.12. The molecule has 0 N–H and O–H groups in total. The monoisotopic (exact) mass is 342 g/mol. The van der Waals surface area contributed by atoms with Gasteiger partial charge in [0.25, 0.3) is 5.56 Å². The third-order valence-electron chi connectivity index (χ3n) is 3.42. The summed E-state index contributed by atoms with van der Waals surface area (Å²) >= 11 is 0. The number of benzene rings is 1.